The molecular weight excluding hydrogens is 348 g/mol. The number of carbonyl (C=O) groups is 1. The zero-order valence-corrected chi connectivity index (χ0v) is 12.8. The number of pyridine rings is 1. The molecular formula is C15H11BrN4O2. The lowest BCUT2D eigenvalue weighted by molar-refractivity contribution is -0.112. The molecule has 2 aromatic rings. The minimum Gasteiger partial charge on any atom is -0.508 e. The van der Waals surface area contributed by atoms with E-state index in [1.54, 1.807) is 18.3 Å². The summed E-state index contributed by atoms with van der Waals surface area (Å²) in [6.45, 7) is 0. The number of aromatic nitrogens is 1. The van der Waals surface area contributed by atoms with Crippen molar-refractivity contribution in [2.75, 3.05) is 10.6 Å². The highest BCUT2D eigenvalue weighted by Crippen LogP contribution is 2.15. The molecule has 0 aliphatic rings. The zero-order chi connectivity index (χ0) is 15.9. The standard InChI is InChI=1S/C15H11BrN4O2/c16-11-1-6-14(19-9-11)18-8-10(7-17)15(22)20-12-2-4-13(21)5-3-12/h1-6,8-9,21H,(H,18,19)(H,20,22)/b10-8-. The third kappa shape index (κ3) is 4.33. The number of rotatable bonds is 4. The number of hydrogen-bond donors (Lipinski definition) is 3. The van der Waals surface area contributed by atoms with E-state index in [1.807, 2.05) is 6.07 Å². The first-order chi connectivity index (χ1) is 10.6. The largest absolute Gasteiger partial charge is 0.508 e. The number of aromatic hydroxyl groups is 1. The van der Waals surface area contributed by atoms with Gasteiger partial charge in [-0.25, -0.2) is 4.98 Å². The molecule has 0 bridgehead atoms. The van der Waals surface area contributed by atoms with Crippen LogP contribution in [0.4, 0.5) is 11.5 Å². The van der Waals surface area contributed by atoms with Crippen molar-refractivity contribution < 1.29 is 9.90 Å². The van der Waals surface area contributed by atoms with Crippen LogP contribution in [0.2, 0.25) is 0 Å². The van der Waals surface area contributed by atoms with Crippen LogP contribution in [-0.2, 0) is 4.79 Å². The molecule has 0 radical (unpaired) electrons. The molecule has 0 spiro atoms. The van der Waals surface area contributed by atoms with Crippen molar-refractivity contribution in [3.05, 3.63) is 58.8 Å². The van der Waals surface area contributed by atoms with Crippen molar-refractivity contribution in [1.29, 1.82) is 5.26 Å². The van der Waals surface area contributed by atoms with Gasteiger partial charge >= 0.3 is 0 Å². The fourth-order valence-electron chi connectivity index (χ4n) is 1.50. The molecule has 0 aliphatic heterocycles. The zero-order valence-electron chi connectivity index (χ0n) is 11.2. The maximum absolute atomic E-state index is 12.0. The van der Waals surface area contributed by atoms with E-state index in [1.165, 1.54) is 30.5 Å². The molecule has 0 fully saturated rings. The molecule has 22 heavy (non-hydrogen) atoms. The monoisotopic (exact) mass is 358 g/mol. The van der Waals surface area contributed by atoms with Gasteiger partial charge in [0.25, 0.3) is 5.91 Å². The summed E-state index contributed by atoms with van der Waals surface area (Å²) in [7, 11) is 0. The summed E-state index contributed by atoms with van der Waals surface area (Å²) in [5.74, 6) is 0.0446. The molecule has 3 N–H and O–H groups in total. The molecule has 0 saturated carbocycles. The number of benzene rings is 1. The molecule has 1 heterocycles. The average Bonchev–Trinajstić information content (AvgIpc) is 2.52. The van der Waals surface area contributed by atoms with Crippen molar-refractivity contribution in [2.24, 2.45) is 0 Å². The number of phenols is 1. The highest BCUT2D eigenvalue weighted by molar-refractivity contribution is 9.10. The Kier molecular flexibility index (Phi) is 5.11. The van der Waals surface area contributed by atoms with Crippen LogP contribution >= 0.6 is 15.9 Å². The van der Waals surface area contributed by atoms with E-state index in [9.17, 15) is 9.90 Å². The fourth-order valence-corrected chi connectivity index (χ4v) is 1.73. The van der Waals surface area contributed by atoms with Gasteiger partial charge in [0.1, 0.15) is 23.2 Å². The molecule has 110 valence electrons. The van der Waals surface area contributed by atoms with Crippen LogP contribution in [0, 0.1) is 11.3 Å². The van der Waals surface area contributed by atoms with Crippen molar-refractivity contribution in [2.45, 2.75) is 0 Å². The lowest BCUT2D eigenvalue weighted by Gasteiger charge is -2.05. The summed E-state index contributed by atoms with van der Waals surface area (Å²) in [5.41, 5.74) is 0.378. The van der Waals surface area contributed by atoms with Crippen LogP contribution in [-0.4, -0.2) is 16.0 Å². The molecule has 0 aliphatic carbocycles. The van der Waals surface area contributed by atoms with E-state index in [-0.39, 0.29) is 11.3 Å². The highest BCUT2D eigenvalue weighted by atomic mass is 79.9. The van der Waals surface area contributed by atoms with Crippen LogP contribution in [0.5, 0.6) is 5.75 Å². The van der Waals surface area contributed by atoms with Gasteiger partial charge in [-0.15, -0.1) is 0 Å². The van der Waals surface area contributed by atoms with E-state index < -0.39 is 5.91 Å². The maximum Gasteiger partial charge on any atom is 0.267 e. The summed E-state index contributed by atoms with van der Waals surface area (Å²) >= 11 is 3.26. The van der Waals surface area contributed by atoms with Crippen molar-refractivity contribution in [3.63, 3.8) is 0 Å². The number of nitrogens with one attached hydrogen (secondary N) is 2. The Morgan fingerprint density at radius 3 is 2.59 bits per heavy atom. The summed E-state index contributed by atoms with van der Waals surface area (Å²) in [6, 6.07) is 11.2. The molecule has 0 atom stereocenters. The number of carbonyl (C=O) groups excluding carboxylic acids is 1. The molecule has 1 amide bonds. The topological polar surface area (TPSA) is 98.0 Å². The smallest absolute Gasteiger partial charge is 0.267 e. The minimum absolute atomic E-state index is 0.0945. The van der Waals surface area contributed by atoms with E-state index >= 15 is 0 Å². The Morgan fingerprint density at radius 2 is 2.00 bits per heavy atom. The molecule has 0 unspecified atom stereocenters. The van der Waals surface area contributed by atoms with Gasteiger partial charge in [-0.2, -0.15) is 5.26 Å². The summed E-state index contributed by atoms with van der Waals surface area (Å²) in [6.07, 6.45) is 2.88. The second-order valence-electron chi connectivity index (χ2n) is 4.18. The van der Waals surface area contributed by atoms with Crippen molar-refractivity contribution in [3.8, 4) is 11.8 Å². The third-order valence-electron chi connectivity index (χ3n) is 2.58. The first-order valence-corrected chi connectivity index (χ1v) is 6.96. The number of nitrogens with zero attached hydrogens (tertiary/aromatic N) is 2. The van der Waals surface area contributed by atoms with Crippen LogP contribution < -0.4 is 10.6 Å². The first kappa shape index (κ1) is 15.5. The number of halogens is 1. The highest BCUT2D eigenvalue weighted by Gasteiger charge is 2.09. The van der Waals surface area contributed by atoms with Gasteiger partial charge in [-0.1, -0.05) is 0 Å². The van der Waals surface area contributed by atoms with Gasteiger partial charge in [-0.3, -0.25) is 4.79 Å². The van der Waals surface area contributed by atoms with Gasteiger partial charge in [0.15, 0.2) is 0 Å². The summed E-state index contributed by atoms with van der Waals surface area (Å²) in [5, 5.41) is 23.6. The Morgan fingerprint density at radius 1 is 1.27 bits per heavy atom. The summed E-state index contributed by atoms with van der Waals surface area (Å²) < 4.78 is 0.826. The first-order valence-electron chi connectivity index (χ1n) is 6.17. The van der Waals surface area contributed by atoms with Gasteiger partial charge in [0.2, 0.25) is 0 Å². The minimum atomic E-state index is -0.558. The molecule has 2 rings (SSSR count). The maximum atomic E-state index is 12.0. The van der Waals surface area contributed by atoms with Crippen molar-refractivity contribution in [1.82, 2.24) is 4.98 Å². The van der Waals surface area contributed by atoms with Crippen LogP contribution in [0.3, 0.4) is 0 Å². The second-order valence-corrected chi connectivity index (χ2v) is 5.09. The van der Waals surface area contributed by atoms with Gasteiger partial charge in [0.05, 0.1) is 0 Å². The van der Waals surface area contributed by atoms with Crippen LogP contribution in [0.15, 0.2) is 58.8 Å². The number of anilines is 2. The van der Waals surface area contributed by atoms with Crippen LogP contribution in [0.25, 0.3) is 0 Å². The molecule has 6 nitrogen and oxygen atoms in total. The predicted molar refractivity (Wildman–Crippen MR) is 86.0 cm³/mol. The quantitative estimate of drug-likeness (QED) is 0.443. The van der Waals surface area contributed by atoms with E-state index in [0.29, 0.717) is 11.5 Å². The van der Waals surface area contributed by atoms with Gasteiger partial charge in [-0.05, 0) is 52.3 Å². The van der Waals surface area contributed by atoms with Crippen LogP contribution in [0.1, 0.15) is 0 Å². The van der Waals surface area contributed by atoms with Gasteiger partial charge < -0.3 is 15.7 Å². The Labute approximate surface area is 135 Å². The SMILES string of the molecule is N#C/C(=C/Nc1ccc(Br)cn1)C(=O)Nc1ccc(O)cc1. The Balaban J connectivity index is 2.05. The fraction of sp³-hybridized carbons (Fsp3) is 0. The number of amides is 1. The van der Waals surface area contributed by atoms with Gasteiger partial charge in [0, 0.05) is 22.6 Å². The number of phenolic OH excluding ortho intramolecular Hbond substituents is 1. The van der Waals surface area contributed by atoms with E-state index in [0.717, 1.165) is 4.47 Å². The molecule has 0 saturated heterocycles. The lowest BCUT2D eigenvalue weighted by Crippen LogP contribution is -2.14. The number of nitriles is 1. The molecule has 7 heteroatoms. The van der Waals surface area contributed by atoms with Crippen molar-refractivity contribution >= 4 is 33.3 Å². The molecule has 1 aromatic carbocycles. The lowest BCUT2D eigenvalue weighted by atomic mass is 10.2. The Hall–Kier alpha value is -2.85. The summed E-state index contributed by atoms with van der Waals surface area (Å²) in [4.78, 5) is 16.0. The third-order valence-corrected chi connectivity index (χ3v) is 3.05. The second kappa shape index (κ2) is 7.24. The van der Waals surface area contributed by atoms with E-state index in [2.05, 4.69) is 31.5 Å². The Bertz CT molecular complexity index is 734. The normalized spacial score (nSPS) is 10.6. The number of hydrogen-bond acceptors (Lipinski definition) is 5. The average molecular weight is 359 g/mol. The van der Waals surface area contributed by atoms with E-state index in [4.69, 9.17) is 5.26 Å². The molecule has 1 aromatic heterocycles. The predicted octanol–water partition coefficient (Wildman–Crippen LogP) is 3.01.